The van der Waals surface area contributed by atoms with Gasteiger partial charge in [0.2, 0.25) is 0 Å². The summed E-state index contributed by atoms with van der Waals surface area (Å²) in [4.78, 5) is 11.6. The zero-order chi connectivity index (χ0) is 11.3. The predicted octanol–water partition coefficient (Wildman–Crippen LogP) is 2.03. The average Bonchev–Trinajstić information content (AvgIpc) is 2.26. The van der Waals surface area contributed by atoms with Crippen molar-refractivity contribution in [1.82, 2.24) is 5.32 Å². The van der Waals surface area contributed by atoms with Crippen molar-refractivity contribution in [3.8, 4) is 6.07 Å². The molecular formula is C12H14N2O. The zero-order valence-corrected chi connectivity index (χ0v) is 8.95. The lowest BCUT2D eigenvalue weighted by atomic mass is 10.1. The molecule has 0 heterocycles. The molecule has 1 aromatic carbocycles. The second-order valence-corrected chi connectivity index (χ2v) is 3.43. The van der Waals surface area contributed by atoms with Crippen LogP contribution in [0.1, 0.15) is 29.3 Å². The van der Waals surface area contributed by atoms with Crippen molar-refractivity contribution in [1.29, 1.82) is 5.26 Å². The molecule has 0 bridgehead atoms. The van der Waals surface area contributed by atoms with Crippen molar-refractivity contribution in [2.24, 2.45) is 0 Å². The summed E-state index contributed by atoms with van der Waals surface area (Å²) in [6.45, 7) is 3.83. The summed E-state index contributed by atoms with van der Waals surface area (Å²) in [6.07, 6.45) is 0.619. The second kappa shape index (κ2) is 5.16. The third-order valence-electron chi connectivity index (χ3n) is 2.18. The van der Waals surface area contributed by atoms with Gasteiger partial charge >= 0.3 is 0 Å². The molecule has 3 heteroatoms. The van der Waals surface area contributed by atoms with Gasteiger partial charge in [-0.1, -0.05) is 24.6 Å². The quantitative estimate of drug-likeness (QED) is 0.815. The van der Waals surface area contributed by atoms with E-state index in [0.717, 1.165) is 5.56 Å². The van der Waals surface area contributed by atoms with E-state index >= 15 is 0 Å². The highest BCUT2D eigenvalue weighted by Gasteiger charge is 2.10. The van der Waals surface area contributed by atoms with Gasteiger partial charge in [-0.2, -0.15) is 5.26 Å². The van der Waals surface area contributed by atoms with Gasteiger partial charge in [0.25, 0.3) is 5.91 Å². The highest BCUT2D eigenvalue weighted by atomic mass is 16.1. The fourth-order valence-corrected chi connectivity index (χ4v) is 1.17. The highest BCUT2D eigenvalue weighted by molar-refractivity contribution is 5.94. The number of nitrogens with one attached hydrogen (secondary N) is 1. The van der Waals surface area contributed by atoms with Gasteiger partial charge in [0, 0.05) is 5.56 Å². The van der Waals surface area contributed by atoms with E-state index in [1.54, 1.807) is 12.1 Å². The monoisotopic (exact) mass is 202 g/mol. The summed E-state index contributed by atoms with van der Waals surface area (Å²) in [7, 11) is 0. The molecular weight excluding hydrogens is 188 g/mol. The number of carbonyl (C=O) groups is 1. The van der Waals surface area contributed by atoms with Crippen LogP contribution in [0.2, 0.25) is 0 Å². The van der Waals surface area contributed by atoms with Crippen LogP contribution in [0.25, 0.3) is 0 Å². The summed E-state index contributed by atoms with van der Waals surface area (Å²) in [5, 5.41) is 11.4. The molecule has 0 saturated heterocycles. The lowest BCUT2D eigenvalue weighted by Crippen LogP contribution is -2.33. The molecule has 0 aliphatic carbocycles. The van der Waals surface area contributed by atoms with Crippen LogP contribution in [0.3, 0.4) is 0 Å². The first-order valence-corrected chi connectivity index (χ1v) is 4.94. The van der Waals surface area contributed by atoms with Crippen LogP contribution < -0.4 is 5.32 Å². The fraction of sp³-hybridized carbons (Fsp3) is 0.333. The van der Waals surface area contributed by atoms with Crippen molar-refractivity contribution in [3.05, 3.63) is 35.4 Å². The van der Waals surface area contributed by atoms with Crippen molar-refractivity contribution < 1.29 is 4.79 Å². The lowest BCUT2D eigenvalue weighted by Gasteiger charge is -2.08. The van der Waals surface area contributed by atoms with Crippen LogP contribution in [-0.2, 0) is 0 Å². The van der Waals surface area contributed by atoms with E-state index in [2.05, 4.69) is 5.32 Å². The molecule has 0 fully saturated rings. The molecule has 0 aromatic heterocycles. The summed E-state index contributed by atoms with van der Waals surface area (Å²) >= 11 is 0. The Morgan fingerprint density at radius 1 is 1.47 bits per heavy atom. The maximum Gasteiger partial charge on any atom is 0.252 e. The van der Waals surface area contributed by atoms with Gasteiger partial charge in [-0.15, -0.1) is 0 Å². The maximum atomic E-state index is 11.6. The summed E-state index contributed by atoms with van der Waals surface area (Å²) in [5.41, 5.74) is 1.70. The number of rotatable bonds is 3. The molecule has 1 amide bonds. The molecule has 0 aliphatic rings. The largest absolute Gasteiger partial charge is 0.336 e. The van der Waals surface area contributed by atoms with Gasteiger partial charge < -0.3 is 5.32 Å². The first-order chi connectivity index (χ1) is 7.17. The molecule has 78 valence electrons. The van der Waals surface area contributed by atoms with E-state index in [9.17, 15) is 4.79 Å². The Labute approximate surface area is 89.7 Å². The molecule has 3 nitrogen and oxygen atoms in total. The van der Waals surface area contributed by atoms with Gasteiger partial charge in [0.1, 0.15) is 6.04 Å². The number of hydrogen-bond donors (Lipinski definition) is 1. The van der Waals surface area contributed by atoms with E-state index in [1.807, 2.05) is 32.0 Å². The van der Waals surface area contributed by atoms with Gasteiger partial charge in [0.05, 0.1) is 6.07 Å². The fourth-order valence-electron chi connectivity index (χ4n) is 1.17. The minimum atomic E-state index is -0.404. The number of nitriles is 1. The zero-order valence-electron chi connectivity index (χ0n) is 8.95. The average molecular weight is 202 g/mol. The standard InChI is InChI=1S/C12H14N2O/c1-3-11(8-13)14-12(15)10-6-4-9(2)5-7-10/h4-7,11H,3H2,1-2H3,(H,14,15). The van der Waals surface area contributed by atoms with Crippen molar-refractivity contribution in [2.45, 2.75) is 26.3 Å². The van der Waals surface area contributed by atoms with Gasteiger partial charge in [-0.3, -0.25) is 4.79 Å². The van der Waals surface area contributed by atoms with Gasteiger partial charge in [0.15, 0.2) is 0 Å². The van der Waals surface area contributed by atoms with Gasteiger partial charge in [-0.05, 0) is 25.5 Å². The van der Waals surface area contributed by atoms with Crippen LogP contribution in [-0.4, -0.2) is 11.9 Å². The second-order valence-electron chi connectivity index (χ2n) is 3.43. The number of aryl methyl sites for hydroxylation is 1. The van der Waals surface area contributed by atoms with Crippen LogP contribution in [0, 0.1) is 18.3 Å². The Bertz CT molecular complexity index is 376. The van der Waals surface area contributed by atoms with Crippen molar-refractivity contribution >= 4 is 5.91 Å². The Morgan fingerprint density at radius 3 is 2.53 bits per heavy atom. The Morgan fingerprint density at radius 2 is 2.07 bits per heavy atom. The normalized spacial score (nSPS) is 11.5. The molecule has 0 spiro atoms. The van der Waals surface area contributed by atoms with E-state index < -0.39 is 6.04 Å². The molecule has 0 aliphatic heterocycles. The van der Waals surface area contributed by atoms with Crippen LogP contribution >= 0.6 is 0 Å². The third kappa shape index (κ3) is 3.10. The number of benzene rings is 1. The topological polar surface area (TPSA) is 52.9 Å². The number of hydrogen-bond acceptors (Lipinski definition) is 2. The number of carbonyl (C=O) groups excluding carboxylic acids is 1. The first-order valence-electron chi connectivity index (χ1n) is 4.94. The van der Waals surface area contributed by atoms with E-state index in [4.69, 9.17) is 5.26 Å². The Kier molecular flexibility index (Phi) is 3.87. The van der Waals surface area contributed by atoms with Crippen molar-refractivity contribution in [3.63, 3.8) is 0 Å². The third-order valence-corrected chi connectivity index (χ3v) is 2.18. The predicted molar refractivity (Wildman–Crippen MR) is 58.3 cm³/mol. The van der Waals surface area contributed by atoms with E-state index in [-0.39, 0.29) is 5.91 Å². The molecule has 1 rings (SSSR count). The Balaban J connectivity index is 2.70. The summed E-state index contributed by atoms with van der Waals surface area (Å²) in [5.74, 6) is -0.191. The Hall–Kier alpha value is -1.82. The highest BCUT2D eigenvalue weighted by Crippen LogP contribution is 2.03. The lowest BCUT2D eigenvalue weighted by molar-refractivity contribution is 0.0944. The van der Waals surface area contributed by atoms with E-state index in [1.165, 1.54) is 0 Å². The number of amides is 1. The van der Waals surface area contributed by atoms with Gasteiger partial charge in [-0.25, -0.2) is 0 Å². The minimum absolute atomic E-state index is 0.191. The van der Waals surface area contributed by atoms with Crippen LogP contribution in [0.5, 0.6) is 0 Å². The molecule has 0 saturated carbocycles. The molecule has 15 heavy (non-hydrogen) atoms. The smallest absolute Gasteiger partial charge is 0.252 e. The number of nitrogens with zero attached hydrogens (tertiary/aromatic N) is 1. The maximum absolute atomic E-state index is 11.6. The molecule has 0 radical (unpaired) electrons. The summed E-state index contributed by atoms with van der Waals surface area (Å²) < 4.78 is 0. The molecule has 1 atom stereocenters. The SMILES string of the molecule is CCC(C#N)NC(=O)c1ccc(C)cc1. The first kappa shape index (κ1) is 11.3. The summed E-state index contributed by atoms with van der Waals surface area (Å²) in [6, 6.07) is 8.90. The molecule has 1 N–H and O–H groups in total. The van der Waals surface area contributed by atoms with Crippen molar-refractivity contribution in [2.75, 3.05) is 0 Å². The minimum Gasteiger partial charge on any atom is -0.336 e. The van der Waals surface area contributed by atoms with Crippen LogP contribution in [0.15, 0.2) is 24.3 Å². The van der Waals surface area contributed by atoms with Crippen LogP contribution in [0.4, 0.5) is 0 Å². The molecule has 1 unspecified atom stereocenters. The molecule has 1 aromatic rings. The van der Waals surface area contributed by atoms with E-state index in [0.29, 0.717) is 12.0 Å².